The van der Waals surface area contributed by atoms with Crippen LogP contribution in [-0.4, -0.2) is 21.9 Å². The Morgan fingerprint density at radius 3 is 2.25 bits per heavy atom. The highest BCUT2D eigenvalue weighted by Crippen LogP contribution is 2.27. The average molecular weight is 241 g/mol. The van der Waals surface area contributed by atoms with Crippen molar-refractivity contribution in [3.05, 3.63) is 35.9 Å². The Balaban J connectivity index is 2.90. The van der Waals surface area contributed by atoms with Gasteiger partial charge >= 0.3 is 0 Å². The van der Waals surface area contributed by atoms with Gasteiger partial charge < -0.3 is 5.11 Å². The summed E-state index contributed by atoms with van der Waals surface area (Å²) in [6.07, 6.45) is 0.937. The van der Waals surface area contributed by atoms with Crippen LogP contribution < -0.4 is 0 Å². The number of halogens is 1. The normalized spacial score (nSPS) is 13.5. The second-order valence-corrected chi connectivity index (χ2v) is 4.34. The molecule has 0 spiro atoms. The van der Waals surface area contributed by atoms with Crippen LogP contribution >= 0.6 is 11.6 Å². The highest BCUT2D eigenvalue weighted by molar-refractivity contribution is 6.34. The van der Waals surface area contributed by atoms with Gasteiger partial charge in [-0.15, -0.1) is 11.6 Å². The Bertz CT molecular complexity index is 344. The van der Waals surface area contributed by atoms with Crippen LogP contribution in [0.3, 0.4) is 0 Å². The van der Waals surface area contributed by atoms with Crippen molar-refractivity contribution in [1.82, 2.24) is 0 Å². The van der Waals surface area contributed by atoms with E-state index in [-0.39, 0.29) is 5.78 Å². The van der Waals surface area contributed by atoms with E-state index in [0.717, 1.165) is 0 Å². The molecule has 0 aliphatic carbocycles. The van der Waals surface area contributed by atoms with Gasteiger partial charge in [0.05, 0.1) is 5.60 Å². The third-order valence-corrected chi connectivity index (χ3v) is 3.59. The quantitative estimate of drug-likeness (QED) is 0.635. The average Bonchev–Trinajstić information content (AvgIpc) is 2.37. The van der Waals surface area contributed by atoms with E-state index in [2.05, 4.69) is 0 Å². The molecule has 1 atom stereocenters. The van der Waals surface area contributed by atoms with E-state index in [1.165, 1.54) is 0 Å². The molecular weight excluding hydrogens is 224 g/mol. The molecule has 1 aromatic carbocycles. The number of Topliss-reactive ketones (excluding diaryl/α,β-unsaturated/α-hetero) is 1. The van der Waals surface area contributed by atoms with Crippen LogP contribution in [-0.2, 0) is 0 Å². The lowest BCUT2D eigenvalue weighted by Crippen LogP contribution is -2.42. The van der Waals surface area contributed by atoms with E-state index in [0.29, 0.717) is 18.4 Å². The number of carbonyl (C=O) groups is 1. The van der Waals surface area contributed by atoms with E-state index >= 15 is 0 Å². The van der Waals surface area contributed by atoms with Crippen LogP contribution in [0.5, 0.6) is 0 Å². The fourth-order valence-corrected chi connectivity index (χ4v) is 2.04. The lowest BCUT2D eigenvalue weighted by atomic mass is 9.88. The largest absolute Gasteiger partial charge is 0.388 e. The molecule has 0 radical (unpaired) electrons. The summed E-state index contributed by atoms with van der Waals surface area (Å²) in [6, 6.07) is 8.83. The van der Waals surface area contributed by atoms with Crippen LogP contribution in [0.25, 0.3) is 0 Å². The lowest BCUT2D eigenvalue weighted by Gasteiger charge is -2.29. The summed E-state index contributed by atoms with van der Waals surface area (Å²) in [4.78, 5) is 12.0. The van der Waals surface area contributed by atoms with E-state index in [1.54, 1.807) is 24.3 Å². The molecule has 88 valence electrons. The highest BCUT2D eigenvalue weighted by atomic mass is 35.5. The molecule has 0 unspecified atom stereocenters. The summed E-state index contributed by atoms with van der Waals surface area (Å²) in [5, 5.41) is 9.29. The van der Waals surface area contributed by atoms with Crippen molar-refractivity contribution in [2.75, 3.05) is 0 Å². The molecule has 0 saturated heterocycles. The third kappa shape index (κ3) is 2.63. The molecular formula is C13H17ClO2. The Labute approximate surface area is 101 Å². The van der Waals surface area contributed by atoms with Gasteiger partial charge in [0.25, 0.3) is 0 Å². The summed E-state index contributed by atoms with van der Waals surface area (Å²) in [7, 11) is 0. The summed E-state index contributed by atoms with van der Waals surface area (Å²) in [5.74, 6) is -0.214. The zero-order valence-corrected chi connectivity index (χ0v) is 10.4. The van der Waals surface area contributed by atoms with E-state index in [4.69, 9.17) is 11.6 Å². The summed E-state index contributed by atoms with van der Waals surface area (Å²) in [5.41, 5.74) is -0.572. The molecule has 0 aliphatic heterocycles. The van der Waals surface area contributed by atoms with Gasteiger partial charge in [-0.05, 0) is 12.8 Å². The molecule has 1 aromatic rings. The molecule has 0 amide bonds. The monoisotopic (exact) mass is 240 g/mol. The lowest BCUT2D eigenvalue weighted by molar-refractivity contribution is 0.0276. The van der Waals surface area contributed by atoms with Crippen LogP contribution in [0.2, 0.25) is 0 Å². The SMILES string of the molecule is CCC(O)(CC)[C@@H](Cl)C(=O)c1ccccc1. The molecule has 0 fully saturated rings. The van der Waals surface area contributed by atoms with Crippen molar-refractivity contribution in [3.63, 3.8) is 0 Å². The molecule has 0 bridgehead atoms. The van der Waals surface area contributed by atoms with Gasteiger partial charge in [0.1, 0.15) is 5.38 Å². The number of carbonyl (C=O) groups excluding carboxylic acids is 1. The second-order valence-electron chi connectivity index (χ2n) is 3.90. The Kier molecular flexibility index (Phi) is 4.51. The Morgan fingerprint density at radius 1 is 1.31 bits per heavy atom. The predicted octanol–water partition coefficient (Wildman–Crippen LogP) is 3.03. The van der Waals surface area contributed by atoms with Gasteiger partial charge in [0, 0.05) is 5.56 Å². The van der Waals surface area contributed by atoms with Gasteiger partial charge in [-0.2, -0.15) is 0 Å². The molecule has 3 heteroatoms. The van der Waals surface area contributed by atoms with Crippen molar-refractivity contribution < 1.29 is 9.90 Å². The van der Waals surface area contributed by atoms with Crippen molar-refractivity contribution in [3.8, 4) is 0 Å². The van der Waals surface area contributed by atoms with Crippen LogP contribution in [0, 0.1) is 0 Å². The van der Waals surface area contributed by atoms with Gasteiger partial charge in [-0.3, -0.25) is 4.79 Å². The number of benzene rings is 1. The first kappa shape index (κ1) is 13.2. The smallest absolute Gasteiger partial charge is 0.183 e. The summed E-state index contributed by atoms with van der Waals surface area (Å²) in [6.45, 7) is 3.66. The van der Waals surface area contributed by atoms with Crippen LogP contribution in [0.1, 0.15) is 37.0 Å². The summed E-state index contributed by atoms with van der Waals surface area (Å²) < 4.78 is 0. The van der Waals surface area contributed by atoms with Crippen LogP contribution in [0.15, 0.2) is 30.3 Å². The summed E-state index contributed by atoms with van der Waals surface area (Å²) >= 11 is 6.07. The maximum atomic E-state index is 12.0. The van der Waals surface area contributed by atoms with Crippen molar-refractivity contribution in [1.29, 1.82) is 0 Å². The number of hydrogen-bond acceptors (Lipinski definition) is 2. The number of alkyl halides is 1. The minimum atomic E-state index is -1.12. The Hall–Kier alpha value is -0.860. The second kappa shape index (κ2) is 5.46. The molecule has 0 aliphatic rings. The topological polar surface area (TPSA) is 37.3 Å². The number of ketones is 1. The first-order chi connectivity index (χ1) is 7.55. The van der Waals surface area contributed by atoms with Crippen LogP contribution in [0.4, 0.5) is 0 Å². The fraction of sp³-hybridized carbons (Fsp3) is 0.462. The van der Waals surface area contributed by atoms with E-state index in [9.17, 15) is 9.90 Å². The highest BCUT2D eigenvalue weighted by Gasteiger charge is 2.37. The molecule has 0 aromatic heterocycles. The fourth-order valence-electron chi connectivity index (χ4n) is 1.60. The first-order valence-corrected chi connectivity index (χ1v) is 5.94. The predicted molar refractivity (Wildman–Crippen MR) is 65.9 cm³/mol. The maximum absolute atomic E-state index is 12.0. The standard InChI is InChI=1S/C13H17ClO2/c1-3-13(16,4-2)12(14)11(15)10-8-6-5-7-9-10/h5-9,12,16H,3-4H2,1-2H3/t12-/m0/s1. The minimum Gasteiger partial charge on any atom is -0.388 e. The zero-order valence-electron chi connectivity index (χ0n) is 9.61. The zero-order chi connectivity index (χ0) is 12.2. The molecule has 0 heterocycles. The van der Waals surface area contributed by atoms with Gasteiger partial charge in [-0.1, -0.05) is 44.2 Å². The van der Waals surface area contributed by atoms with Crippen molar-refractivity contribution in [2.24, 2.45) is 0 Å². The number of hydrogen-bond donors (Lipinski definition) is 1. The Morgan fingerprint density at radius 2 is 1.81 bits per heavy atom. The molecule has 2 nitrogen and oxygen atoms in total. The van der Waals surface area contributed by atoms with Gasteiger partial charge in [-0.25, -0.2) is 0 Å². The van der Waals surface area contributed by atoms with E-state index in [1.807, 2.05) is 19.9 Å². The maximum Gasteiger partial charge on any atom is 0.183 e. The first-order valence-electron chi connectivity index (χ1n) is 5.51. The minimum absolute atomic E-state index is 0.214. The molecule has 0 saturated carbocycles. The third-order valence-electron chi connectivity index (χ3n) is 2.98. The molecule has 1 N–H and O–H groups in total. The van der Waals surface area contributed by atoms with Gasteiger partial charge in [0.15, 0.2) is 5.78 Å². The van der Waals surface area contributed by atoms with E-state index < -0.39 is 11.0 Å². The number of rotatable bonds is 5. The van der Waals surface area contributed by atoms with Crippen molar-refractivity contribution >= 4 is 17.4 Å². The van der Waals surface area contributed by atoms with Gasteiger partial charge in [0.2, 0.25) is 0 Å². The number of aliphatic hydroxyl groups is 1. The molecule has 16 heavy (non-hydrogen) atoms. The van der Waals surface area contributed by atoms with Crippen molar-refractivity contribution in [2.45, 2.75) is 37.7 Å². The molecule has 1 rings (SSSR count).